The van der Waals surface area contributed by atoms with Crippen molar-refractivity contribution < 1.29 is 19.1 Å². The van der Waals surface area contributed by atoms with Crippen LogP contribution in [0, 0.1) is 6.92 Å². The van der Waals surface area contributed by atoms with Crippen molar-refractivity contribution in [2.45, 2.75) is 27.2 Å². The minimum absolute atomic E-state index is 0.159. The molecule has 162 valence electrons. The van der Waals surface area contributed by atoms with E-state index in [2.05, 4.69) is 15.6 Å². The number of aromatic nitrogens is 1. The van der Waals surface area contributed by atoms with Gasteiger partial charge in [0.15, 0.2) is 0 Å². The lowest BCUT2D eigenvalue weighted by Gasteiger charge is -2.17. The maximum absolute atomic E-state index is 12.6. The number of nitrogens with one attached hydrogen (secondary N) is 2. The van der Waals surface area contributed by atoms with Crippen LogP contribution in [0.5, 0.6) is 11.5 Å². The topological polar surface area (TPSA) is 89.5 Å². The molecule has 0 spiro atoms. The molecule has 1 heterocycles. The highest BCUT2D eigenvalue weighted by Gasteiger charge is 2.17. The zero-order chi connectivity index (χ0) is 22.2. The first-order chi connectivity index (χ1) is 15.0. The van der Waals surface area contributed by atoms with E-state index >= 15 is 0 Å². The van der Waals surface area contributed by atoms with Crippen molar-refractivity contribution in [2.75, 3.05) is 23.8 Å². The number of nitrogens with zero attached hydrogens (tertiary/aromatic N) is 1. The zero-order valence-electron chi connectivity index (χ0n) is 17.7. The molecule has 7 nitrogen and oxygen atoms in total. The molecule has 0 bridgehead atoms. The van der Waals surface area contributed by atoms with Crippen molar-refractivity contribution in [3.8, 4) is 11.5 Å². The van der Waals surface area contributed by atoms with Crippen LogP contribution in [0.2, 0.25) is 0 Å². The second-order valence-corrected chi connectivity index (χ2v) is 7.68. The van der Waals surface area contributed by atoms with Gasteiger partial charge in [0.05, 0.1) is 41.7 Å². The molecule has 0 saturated heterocycles. The molecule has 0 aliphatic heterocycles. The molecule has 3 aromatic rings. The van der Waals surface area contributed by atoms with Crippen molar-refractivity contribution in [3.05, 3.63) is 64.1 Å². The van der Waals surface area contributed by atoms with Crippen molar-refractivity contribution in [1.29, 1.82) is 0 Å². The number of ether oxygens (including phenoxy) is 2. The number of benzene rings is 2. The summed E-state index contributed by atoms with van der Waals surface area (Å²) in [6.45, 7) is 6.39. The van der Waals surface area contributed by atoms with Crippen LogP contribution in [-0.4, -0.2) is 30.0 Å². The van der Waals surface area contributed by atoms with E-state index in [1.54, 1.807) is 36.4 Å². The molecule has 1 aromatic heterocycles. The van der Waals surface area contributed by atoms with Crippen molar-refractivity contribution in [2.24, 2.45) is 0 Å². The molecule has 0 radical (unpaired) electrons. The third-order valence-corrected chi connectivity index (χ3v) is 5.07. The summed E-state index contributed by atoms with van der Waals surface area (Å²) >= 11 is 1.50. The van der Waals surface area contributed by atoms with Crippen LogP contribution in [0.15, 0.2) is 47.8 Å². The second-order valence-electron chi connectivity index (χ2n) is 6.61. The fourth-order valence-electron chi connectivity index (χ4n) is 2.94. The zero-order valence-corrected chi connectivity index (χ0v) is 18.5. The van der Waals surface area contributed by atoms with E-state index in [-0.39, 0.29) is 18.2 Å². The number of hydrogen-bond donors (Lipinski definition) is 2. The van der Waals surface area contributed by atoms with Gasteiger partial charge in [0, 0.05) is 23.1 Å². The molecule has 2 N–H and O–H groups in total. The van der Waals surface area contributed by atoms with E-state index < -0.39 is 0 Å². The van der Waals surface area contributed by atoms with Crippen molar-refractivity contribution in [1.82, 2.24) is 4.98 Å². The van der Waals surface area contributed by atoms with E-state index in [9.17, 15) is 9.59 Å². The van der Waals surface area contributed by atoms with Gasteiger partial charge >= 0.3 is 0 Å². The van der Waals surface area contributed by atoms with Crippen LogP contribution in [0.1, 0.15) is 34.9 Å². The Labute approximate surface area is 185 Å². The normalized spacial score (nSPS) is 10.4. The van der Waals surface area contributed by atoms with E-state index in [0.717, 1.165) is 10.7 Å². The van der Waals surface area contributed by atoms with Crippen LogP contribution >= 0.6 is 11.3 Å². The summed E-state index contributed by atoms with van der Waals surface area (Å²) in [6.07, 6.45) is 0.159. The second kappa shape index (κ2) is 10.6. The summed E-state index contributed by atoms with van der Waals surface area (Å²) in [7, 11) is 0. The van der Waals surface area contributed by atoms with Gasteiger partial charge in [-0.2, -0.15) is 0 Å². The molecule has 2 amide bonds. The number of anilines is 2. The molecule has 31 heavy (non-hydrogen) atoms. The van der Waals surface area contributed by atoms with Gasteiger partial charge in [-0.25, -0.2) is 4.98 Å². The monoisotopic (exact) mass is 439 g/mol. The molecule has 0 aliphatic rings. The molecule has 0 aliphatic carbocycles. The average Bonchev–Trinajstić information content (AvgIpc) is 3.16. The number of amides is 2. The first-order valence-corrected chi connectivity index (χ1v) is 10.9. The van der Waals surface area contributed by atoms with E-state index in [4.69, 9.17) is 9.47 Å². The highest BCUT2D eigenvalue weighted by Crippen LogP contribution is 2.37. The van der Waals surface area contributed by atoms with Crippen LogP contribution < -0.4 is 20.1 Å². The summed E-state index contributed by atoms with van der Waals surface area (Å²) in [5, 5.41) is 8.52. The third-order valence-electron chi connectivity index (χ3n) is 4.25. The van der Waals surface area contributed by atoms with Crippen molar-refractivity contribution >= 4 is 34.5 Å². The largest absolute Gasteiger partial charge is 0.492 e. The Morgan fingerprint density at radius 1 is 0.968 bits per heavy atom. The molecule has 0 atom stereocenters. The number of hydrogen-bond acceptors (Lipinski definition) is 6. The Bertz CT molecular complexity index is 1050. The quantitative estimate of drug-likeness (QED) is 0.505. The molecular formula is C23H25N3O4S. The minimum atomic E-state index is -0.264. The standard InChI is InChI=1S/C23H25N3O4S/c1-4-29-20-13-19(26-23(28)16-9-7-6-8-10-16)21(30-5-2)12-18(20)25-22(27)11-17-14-31-15(3)24-17/h6-10,12-14H,4-5,11H2,1-3H3,(H,25,27)(H,26,28). The molecule has 0 fully saturated rings. The molecular weight excluding hydrogens is 414 g/mol. The Morgan fingerprint density at radius 3 is 2.13 bits per heavy atom. The van der Waals surface area contributed by atoms with Gasteiger partial charge in [-0.15, -0.1) is 11.3 Å². The Hall–Kier alpha value is -3.39. The Balaban J connectivity index is 1.86. The van der Waals surface area contributed by atoms with Crippen LogP contribution in [0.4, 0.5) is 11.4 Å². The van der Waals surface area contributed by atoms with Gasteiger partial charge in [0.1, 0.15) is 11.5 Å². The first-order valence-electron chi connectivity index (χ1n) is 10.0. The van der Waals surface area contributed by atoms with Crippen LogP contribution in [0.25, 0.3) is 0 Å². The molecule has 3 rings (SSSR count). The smallest absolute Gasteiger partial charge is 0.255 e. The maximum Gasteiger partial charge on any atom is 0.255 e. The van der Waals surface area contributed by atoms with Gasteiger partial charge in [-0.1, -0.05) is 18.2 Å². The van der Waals surface area contributed by atoms with Gasteiger partial charge in [0.2, 0.25) is 5.91 Å². The van der Waals surface area contributed by atoms with Crippen molar-refractivity contribution in [3.63, 3.8) is 0 Å². The summed E-state index contributed by atoms with van der Waals surface area (Å²) in [6, 6.07) is 12.2. The lowest BCUT2D eigenvalue weighted by molar-refractivity contribution is -0.115. The van der Waals surface area contributed by atoms with E-state index in [1.807, 2.05) is 32.2 Å². The van der Waals surface area contributed by atoms with Crippen LogP contribution in [0.3, 0.4) is 0 Å². The van der Waals surface area contributed by atoms with Crippen LogP contribution in [-0.2, 0) is 11.2 Å². The number of thiazole rings is 1. The van der Waals surface area contributed by atoms with E-state index in [1.165, 1.54) is 11.3 Å². The average molecular weight is 440 g/mol. The summed E-state index contributed by atoms with van der Waals surface area (Å²) in [5.41, 5.74) is 2.18. The fraction of sp³-hybridized carbons (Fsp3) is 0.261. The molecule has 0 unspecified atom stereocenters. The Kier molecular flexibility index (Phi) is 7.61. The predicted octanol–water partition coefficient (Wildman–Crippen LogP) is 4.68. The highest BCUT2D eigenvalue weighted by molar-refractivity contribution is 7.09. The SMILES string of the molecule is CCOc1cc(NC(=O)c2ccccc2)c(OCC)cc1NC(=O)Cc1csc(C)n1. The number of aryl methyl sites for hydroxylation is 1. The summed E-state index contributed by atoms with van der Waals surface area (Å²) < 4.78 is 11.4. The molecule has 2 aromatic carbocycles. The fourth-order valence-corrected chi connectivity index (χ4v) is 3.55. The van der Waals surface area contributed by atoms with Gasteiger partial charge < -0.3 is 20.1 Å². The summed E-state index contributed by atoms with van der Waals surface area (Å²) in [4.78, 5) is 29.5. The van der Waals surface area contributed by atoms with Gasteiger partial charge in [-0.05, 0) is 32.9 Å². The lowest BCUT2D eigenvalue weighted by atomic mass is 10.2. The number of carbonyl (C=O) groups is 2. The van der Waals surface area contributed by atoms with Gasteiger partial charge in [-0.3, -0.25) is 9.59 Å². The third kappa shape index (κ3) is 6.05. The van der Waals surface area contributed by atoms with E-state index in [0.29, 0.717) is 41.7 Å². The predicted molar refractivity (Wildman–Crippen MR) is 122 cm³/mol. The number of rotatable bonds is 9. The first kappa shape index (κ1) is 22.3. The highest BCUT2D eigenvalue weighted by atomic mass is 32.1. The number of carbonyl (C=O) groups excluding carboxylic acids is 2. The van der Waals surface area contributed by atoms with Gasteiger partial charge in [0.25, 0.3) is 5.91 Å². The maximum atomic E-state index is 12.6. The minimum Gasteiger partial charge on any atom is -0.492 e. The summed E-state index contributed by atoms with van der Waals surface area (Å²) in [5.74, 6) is 0.404. The lowest BCUT2D eigenvalue weighted by Crippen LogP contribution is -2.17. The molecule has 8 heteroatoms. The molecule has 0 saturated carbocycles. The Morgan fingerprint density at radius 2 is 1.58 bits per heavy atom.